The third-order valence-corrected chi connectivity index (χ3v) is 1.83. The first-order chi connectivity index (χ1) is 6.74. The number of hydrogen-bond acceptors (Lipinski definition) is 5. The Morgan fingerprint density at radius 2 is 2.57 bits per heavy atom. The summed E-state index contributed by atoms with van der Waals surface area (Å²) in [6.07, 6.45) is 2.45. The Kier molecular flexibility index (Phi) is 4.06. The van der Waals surface area contributed by atoms with Crippen LogP contribution in [0.2, 0.25) is 0 Å². The molecule has 0 unspecified atom stereocenters. The summed E-state index contributed by atoms with van der Waals surface area (Å²) in [5.41, 5.74) is 5.51. The van der Waals surface area contributed by atoms with Crippen LogP contribution in [0.3, 0.4) is 0 Å². The van der Waals surface area contributed by atoms with Crippen LogP contribution in [-0.4, -0.2) is 28.6 Å². The number of rotatable bonds is 5. The van der Waals surface area contributed by atoms with Crippen molar-refractivity contribution in [1.29, 1.82) is 0 Å². The number of nitrogens with two attached hydrogens (primary N) is 1. The molecule has 1 heterocycles. The summed E-state index contributed by atoms with van der Waals surface area (Å²) in [6.45, 7) is 2.34. The predicted octanol–water partition coefficient (Wildman–Crippen LogP) is -0.534. The molecule has 1 aromatic heterocycles. The maximum Gasteiger partial charge on any atom is 0.236 e. The fourth-order valence-electron chi connectivity index (χ4n) is 0.917. The van der Waals surface area contributed by atoms with Gasteiger partial charge in [-0.05, 0) is 6.42 Å². The number of hydrogen-bond donors (Lipinski definition) is 2. The van der Waals surface area contributed by atoms with Gasteiger partial charge in [-0.25, -0.2) is 0 Å². The lowest BCUT2D eigenvalue weighted by Gasteiger charge is -2.08. The van der Waals surface area contributed by atoms with Crippen LogP contribution in [0.5, 0.6) is 0 Å². The van der Waals surface area contributed by atoms with Gasteiger partial charge in [0.15, 0.2) is 5.82 Å². The molecule has 0 fully saturated rings. The second-order valence-electron chi connectivity index (χ2n) is 2.90. The summed E-state index contributed by atoms with van der Waals surface area (Å²) >= 11 is 0. The first kappa shape index (κ1) is 10.6. The van der Waals surface area contributed by atoms with E-state index in [0.29, 0.717) is 25.2 Å². The molecule has 1 aromatic rings. The first-order valence-corrected chi connectivity index (χ1v) is 4.52. The molecular formula is C8H14N4O2. The Balaban J connectivity index is 2.18. The second kappa shape index (κ2) is 5.33. The van der Waals surface area contributed by atoms with E-state index in [0.717, 1.165) is 0 Å². The van der Waals surface area contributed by atoms with E-state index in [2.05, 4.69) is 20.0 Å². The predicted molar refractivity (Wildman–Crippen MR) is 49.3 cm³/mol. The Morgan fingerprint density at radius 1 is 1.79 bits per heavy atom. The molecule has 0 spiro atoms. The van der Waals surface area contributed by atoms with E-state index in [-0.39, 0.29) is 5.91 Å². The summed E-state index contributed by atoms with van der Waals surface area (Å²) < 4.78 is 4.54. The van der Waals surface area contributed by atoms with E-state index in [9.17, 15) is 4.79 Å². The lowest BCUT2D eigenvalue weighted by Crippen LogP contribution is -2.40. The van der Waals surface area contributed by atoms with Crippen LogP contribution >= 0.6 is 0 Å². The van der Waals surface area contributed by atoms with Crippen molar-refractivity contribution in [1.82, 2.24) is 15.5 Å². The Bertz CT molecular complexity index is 273. The third kappa shape index (κ3) is 3.14. The van der Waals surface area contributed by atoms with Crippen LogP contribution in [0.25, 0.3) is 0 Å². The highest BCUT2D eigenvalue weighted by Crippen LogP contribution is 1.89. The van der Waals surface area contributed by atoms with E-state index < -0.39 is 6.04 Å². The zero-order chi connectivity index (χ0) is 10.4. The Morgan fingerprint density at radius 3 is 3.14 bits per heavy atom. The standard InChI is InChI=1S/C8H14N4O2/c1-2-6(9)8(13)10-4-3-7-11-5-14-12-7/h5-6H,2-4,9H2,1H3,(H,10,13)/t6-/m0/s1. The average Bonchev–Trinajstić information content (AvgIpc) is 2.69. The van der Waals surface area contributed by atoms with E-state index >= 15 is 0 Å². The minimum atomic E-state index is -0.430. The van der Waals surface area contributed by atoms with Crippen molar-refractivity contribution >= 4 is 5.91 Å². The number of nitrogens with zero attached hydrogens (tertiary/aromatic N) is 2. The van der Waals surface area contributed by atoms with Crippen molar-refractivity contribution in [3.8, 4) is 0 Å². The average molecular weight is 198 g/mol. The van der Waals surface area contributed by atoms with Crippen LogP contribution in [0, 0.1) is 0 Å². The van der Waals surface area contributed by atoms with Gasteiger partial charge >= 0.3 is 0 Å². The smallest absolute Gasteiger partial charge is 0.236 e. The van der Waals surface area contributed by atoms with Gasteiger partial charge in [0.2, 0.25) is 12.3 Å². The Hall–Kier alpha value is -1.43. The van der Waals surface area contributed by atoms with Crippen LogP contribution in [-0.2, 0) is 11.2 Å². The van der Waals surface area contributed by atoms with Gasteiger partial charge in [-0.15, -0.1) is 0 Å². The number of carbonyl (C=O) groups is 1. The lowest BCUT2D eigenvalue weighted by molar-refractivity contribution is -0.122. The lowest BCUT2D eigenvalue weighted by atomic mass is 10.2. The first-order valence-electron chi connectivity index (χ1n) is 4.52. The molecule has 0 bridgehead atoms. The van der Waals surface area contributed by atoms with Crippen molar-refractivity contribution in [2.24, 2.45) is 5.73 Å². The van der Waals surface area contributed by atoms with Crippen LogP contribution < -0.4 is 11.1 Å². The van der Waals surface area contributed by atoms with Gasteiger partial charge in [0, 0.05) is 13.0 Å². The van der Waals surface area contributed by atoms with Crippen LogP contribution in [0.4, 0.5) is 0 Å². The van der Waals surface area contributed by atoms with Crippen molar-refractivity contribution in [2.75, 3.05) is 6.54 Å². The van der Waals surface area contributed by atoms with E-state index in [1.807, 2.05) is 6.92 Å². The molecule has 3 N–H and O–H groups in total. The summed E-state index contributed by atoms with van der Waals surface area (Å²) in [5, 5.41) is 6.30. The molecule has 0 saturated carbocycles. The molecule has 0 saturated heterocycles. The normalized spacial score (nSPS) is 12.4. The van der Waals surface area contributed by atoms with Gasteiger partial charge in [0.25, 0.3) is 0 Å². The number of aromatic nitrogens is 2. The van der Waals surface area contributed by atoms with Crippen molar-refractivity contribution < 1.29 is 9.32 Å². The minimum absolute atomic E-state index is 0.143. The minimum Gasteiger partial charge on any atom is -0.354 e. The van der Waals surface area contributed by atoms with E-state index in [1.165, 1.54) is 6.39 Å². The van der Waals surface area contributed by atoms with E-state index in [4.69, 9.17) is 5.73 Å². The summed E-state index contributed by atoms with van der Waals surface area (Å²) in [5.74, 6) is 0.436. The summed E-state index contributed by atoms with van der Waals surface area (Å²) in [6, 6.07) is -0.430. The maximum absolute atomic E-state index is 11.2. The highest BCUT2D eigenvalue weighted by molar-refractivity contribution is 5.81. The summed E-state index contributed by atoms with van der Waals surface area (Å²) in [7, 11) is 0. The van der Waals surface area contributed by atoms with Gasteiger partial charge < -0.3 is 15.6 Å². The fraction of sp³-hybridized carbons (Fsp3) is 0.625. The van der Waals surface area contributed by atoms with Gasteiger partial charge in [-0.2, -0.15) is 4.98 Å². The molecular weight excluding hydrogens is 184 g/mol. The molecule has 78 valence electrons. The van der Waals surface area contributed by atoms with Crippen LogP contribution in [0.1, 0.15) is 19.2 Å². The maximum atomic E-state index is 11.2. The fourth-order valence-corrected chi connectivity index (χ4v) is 0.917. The number of carbonyl (C=O) groups excluding carboxylic acids is 1. The summed E-state index contributed by atoms with van der Waals surface area (Å²) in [4.78, 5) is 15.0. The number of amides is 1. The molecule has 1 amide bonds. The second-order valence-corrected chi connectivity index (χ2v) is 2.90. The van der Waals surface area contributed by atoms with Crippen molar-refractivity contribution in [3.63, 3.8) is 0 Å². The Labute approximate surface area is 81.9 Å². The number of nitrogens with one attached hydrogen (secondary N) is 1. The van der Waals surface area contributed by atoms with Gasteiger partial charge in [-0.1, -0.05) is 12.1 Å². The van der Waals surface area contributed by atoms with Gasteiger partial charge in [0.05, 0.1) is 6.04 Å². The molecule has 14 heavy (non-hydrogen) atoms. The van der Waals surface area contributed by atoms with Crippen molar-refractivity contribution in [2.45, 2.75) is 25.8 Å². The zero-order valence-electron chi connectivity index (χ0n) is 8.06. The largest absolute Gasteiger partial charge is 0.354 e. The van der Waals surface area contributed by atoms with Crippen LogP contribution in [0.15, 0.2) is 10.9 Å². The van der Waals surface area contributed by atoms with Crippen molar-refractivity contribution in [3.05, 3.63) is 12.2 Å². The molecule has 0 aliphatic rings. The molecule has 0 aliphatic carbocycles. The molecule has 6 nitrogen and oxygen atoms in total. The topological polar surface area (TPSA) is 94.0 Å². The molecule has 1 atom stereocenters. The monoisotopic (exact) mass is 198 g/mol. The molecule has 1 rings (SSSR count). The van der Waals surface area contributed by atoms with Gasteiger partial charge in [-0.3, -0.25) is 4.79 Å². The van der Waals surface area contributed by atoms with Gasteiger partial charge in [0.1, 0.15) is 0 Å². The SMILES string of the molecule is CC[C@H](N)C(=O)NCCc1ncon1. The third-order valence-electron chi connectivity index (χ3n) is 1.83. The molecule has 6 heteroatoms. The highest BCUT2D eigenvalue weighted by Gasteiger charge is 2.09. The quantitative estimate of drug-likeness (QED) is 0.663. The molecule has 0 aliphatic heterocycles. The zero-order valence-corrected chi connectivity index (χ0v) is 8.06. The van der Waals surface area contributed by atoms with E-state index in [1.54, 1.807) is 0 Å². The molecule has 0 radical (unpaired) electrons. The highest BCUT2D eigenvalue weighted by atomic mass is 16.5. The molecule has 0 aromatic carbocycles.